The first-order chi connectivity index (χ1) is 10.2. The van der Waals surface area contributed by atoms with Crippen LogP contribution in [0.2, 0.25) is 0 Å². The quantitative estimate of drug-likeness (QED) is 0.365. The van der Waals surface area contributed by atoms with Crippen LogP contribution in [0.15, 0.2) is 0 Å². The molecule has 0 aromatic heterocycles. The Labute approximate surface area is 142 Å². The lowest BCUT2D eigenvalue weighted by Gasteiger charge is -2.39. The minimum Gasteiger partial charge on any atom is -0.309 e. The molecule has 0 fully saturated rings. The van der Waals surface area contributed by atoms with Gasteiger partial charge in [-0.15, -0.1) is 0 Å². The zero-order chi connectivity index (χ0) is 20.4. The number of halogens is 15. The van der Waals surface area contributed by atoms with Crippen molar-refractivity contribution < 1.29 is 57.1 Å². The molecule has 0 bridgehead atoms. The summed E-state index contributed by atoms with van der Waals surface area (Å²) in [6.07, 6.45) is -9.83. The van der Waals surface area contributed by atoms with Crippen LogP contribution in [0.4, 0.5) is 57.1 Å². The van der Waals surface area contributed by atoms with E-state index in [1.54, 1.807) is 0 Å². The smallest absolute Gasteiger partial charge is 0.309 e. The molecule has 0 rings (SSSR count). The van der Waals surface area contributed by atoms with Crippen molar-refractivity contribution in [3.8, 4) is 0 Å². The van der Waals surface area contributed by atoms with Gasteiger partial charge in [-0.1, -0.05) is 0 Å². The van der Waals surface area contributed by atoms with E-state index < -0.39 is 60.4 Å². The van der Waals surface area contributed by atoms with E-state index in [0.717, 1.165) is 0 Å². The fourth-order valence-corrected chi connectivity index (χ4v) is 0.959. The third-order valence-corrected chi connectivity index (χ3v) is 2.31. The molecule has 0 spiro atoms. The van der Waals surface area contributed by atoms with Crippen LogP contribution in [0.5, 0.6) is 0 Å². The predicted molar refractivity (Wildman–Crippen MR) is 58.2 cm³/mol. The third kappa shape index (κ3) is 4.39. The summed E-state index contributed by atoms with van der Waals surface area (Å²) < 4.78 is 160. The summed E-state index contributed by atoms with van der Waals surface area (Å²) in [7, 11) is 9.81. The van der Waals surface area contributed by atoms with Crippen LogP contribution in [0.1, 0.15) is 6.42 Å². The average molecular weight is 442 g/mol. The van der Waals surface area contributed by atoms with Crippen molar-refractivity contribution in [1.82, 2.24) is 0 Å². The molecule has 0 amide bonds. The highest BCUT2D eigenvalue weighted by molar-refractivity contribution is 7.22. The van der Waals surface area contributed by atoms with Crippen LogP contribution >= 0.6 is 18.1 Å². The van der Waals surface area contributed by atoms with E-state index in [-0.39, 0.29) is 0 Å². The fraction of sp³-hybridized carbons (Fsp3) is 0.875. The van der Waals surface area contributed by atoms with Gasteiger partial charge >= 0.3 is 54.0 Å². The van der Waals surface area contributed by atoms with Gasteiger partial charge in [0.2, 0.25) is 0 Å². The fourth-order valence-electron chi connectivity index (χ4n) is 0.959. The topological polar surface area (TPSA) is 0 Å². The highest BCUT2D eigenvalue weighted by Crippen LogP contribution is 2.60. The van der Waals surface area contributed by atoms with Crippen molar-refractivity contribution in [3.63, 3.8) is 0 Å². The number of hydrogen-bond donors (Lipinski definition) is 0. The van der Waals surface area contributed by atoms with E-state index in [2.05, 4.69) is 0 Å². The van der Waals surface area contributed by atoms with E-state index in [4.69, 9.17) is 18.1 Å². The largest absolute Gasteiger partial charge is 0.618 e. The SMILES string of the molecule is [CH2]CC(F)(F)C(F)(F)C(F)(F)C(F)(F)C(F)(F)C(F)(F)F.[Cl][Mg][Cl]. The van der Waals surface area contributed by atoms with Crippen LogP contribution in [0, 0.1) is 6.92 Å². The summed E-state index contributed by atoms with van der Waals surface area (Å²) in [5.41, 5.74) is 0. The molecular formula is C8H4Cl2F13Mg. The summed E-state index contributed by atoms with van der Waals surface area (Å²) in [6.45, 7) is 2.01. The maximum Gasteiger partial charge on any atom is 0.618 e. The Morgan fingerprint density at radius 3 is 1.04 bits per heavy atom. The third-order valence-electron chi connectivity index (χ3n) is 2.31. The Morgan fingerprint density at radius 2 is 0.833 bits per heavy atom. The molecule has 143 valence electrons. The second-order valence-electron chi connectivity index (χ2n) is 3.85. The van der Waals surface area contributed by atoms with E-state index >= 15 is 0 Å². The minimum absolute atomic E-state index is 0.639. The first-order valence-electron chi connectivity index (χ1n) is 5.09. The first-order valence-corrected chi connectivity index (χ1v) is 9.37. The van der Waals surface area contributed by atoms with Gasteiger partial charge in [0, 0.05) is 6.42 Å². The van der Waals surface area contributed by atoms with Crippen LogP contribution < -0.4 is 0 Å². The molecule has 0 N–H and O–H groups in total. The maximum absolute atomic E-state index is 12.7. The molecule has 0 unspecified atom stereocenters. The van der Waals surface area contributed by atoms with Gasteiger partial charge in [-0.25, -0.2) is 0 Å². The summed E-state index contributed by atoms with van der Waals surface area (Å²) in [4.78, 5) is 0. The molecule has 0 atom stereocenters. The zero-order valence-corrected chi connectivity index (χ0v) is 13.7. The second-order valence-corrected chi connectivity index (χ2v) is 6.48. The van der Waals surface area contributed by atoms with E-state index in [1.165, 1.54) is 0 Å². The first kappa shape index (κ1) is 26.7. The van der Waals surface area contributed by atoms with Gasteiger partial charge in [-0.2, -0.15) is 57.1 Å². The average Bonchev–Trinajstić information content (AvgIpc) is 2.37. The van der Waals surface area contributed by atoms with Crippen molar-refractivity contribution in [2.45, 2.75) is 42.2 Å². The monoisotopic (exact) mass is 441 g/mol. The molecule has 0 aliphatic carbocycles. The van der Waals surface area contributed by atoms with Gasteiger partial charge in [0.15, 0.2) is 0 Å². The summed E-state index contributed by atoms with van der Waals surface area (Å²) >= 11 is -0.639. The summed E-state index contributed by atoms with van der Waals surface area (Å²) in [5, 5.41) is 0. The molecule has 0 aliphatic rings. The number of rotatable bonds is 5. The van der Waals surface area contributed by atoms with E-state index in [1.807, 2.05) is 6.92 Å². The Bertz CT molecular complexity index is 405. The molecule has 24 heavy (non-hydrogen) atoms. The molecule has 0 aromatic rings. The normalized spacial score (nSPS) is 14.7. The maximum atomic E-state index is 12.7. The molecule has 0 heterocycles. The molecular weight excluding hydrogens is 438 g/mol. The lowest BCUT2D eigenvalue weighted by Crippen LogP contribution is -2.69. The van der Waals surface area contributed by atoms with Crippen LogP contribution in [-0.2, 0) is 0 Å². The Hall–Kier alpha value is 0.436. The highest BCUT2D eigenvalue weighted by atomic mass is 35.6. The Kier molecular flexibility index (Phi) is 8.87. The van der Waals surface area contributed by atoms with Crippen molar-refractivity contribution >= 4 is 36.3 Å². The van der Waals surface area contributed by atoms with Gasteiger partial charge in [-0.05, 0) is 6.92 Å². The zero-order valence-electron chi connectivity index (χ0n) is 10.8. The van der Waals surface area contributed by atoms with Crippen LogP contribution in [0.3, 0.4) is 0 Å². The van der Waals surface area contributed by atoms with E-state index in [0.29, 0.717) is 0 Å². The van der Waals surface area contributed by atoms with Crippen molar-refractivity contribution in [2.75, 3.05) is 0 Å². The Morgan fingerprint density at radius 1 is 0.583 bits per heavy atom. The van der Waals surface area contributed by atoms with Crippen LogP contribution in [0.25, 0.3) is 0 Å². The molecule has 0 saturated carbocycles. The molecule has 0 aromatic carbocycles. The molecule has 0 aliphatic heterocycles. The summed E-state index contributed by atoms with van der Waals surface area (Å²) in [5.74, 6) is -36.5. The van der Waals surface area contributed by atoms with Crippen molar-refractivity contribution in [1.29, 1.82) is 0 Å². The van der Waals surface area contributed by atoms with E-state index in [9.17, 15) is 57.1 Å². The van der Waals surface area contributed by atoms with Crippen LogP contribution in [-0.4, -0.2) is 54.0 Å². The molecule has 0 saturated heterocycles. The predicted octanol–water partition coefficient (Wildman–Crippen LogP) is 5.95. The lowest BCUT2D eigenvalue weighted by molar-refractivity contribution is -0.439. The standard InChI is InChI=1S/C8H4F13.2ClH.Mg/c1-2-3(9,10)4(11,12)5(13,14)6(15,16)7(17,18)8(19,20)21;;;/h1-2H2;2*1H;/q;;;+2/p-2. The Balaban J connectivity index is 0. The lowest BCUT2D eigenvalue weighted by atomic mass is 9.93. The van der Waals surface area contributed by atoms with Gasteiger partial charge in [-0.3, -0.25) is 0 Å². The van der Waals surface area contributed by atoms with Gasteiger partial charge in [0.1, 0.15) is 0 Å². The van der Waals surface area contributed by atoms with Crippen molar-refractivity contribution in [2.24, 2.45) is 0 Å². The summed E-state index contributed by atoms with van der Waals surface area (Å²) in [6, 6.07) is 0. The molecule has 0 nitrogen and oxygen atoms in total. The van der Waals surface area contributed by atoms with Gasteiger partial charge in [0.05, 0.1) is 0 Å². The minimum atomic E-state index is -7.83. The van der Waals surface area contributed by atoms with Gasteiger partial charge in [0.25, 0.3) is 0 Å². The van der Waals surface area contributed by atoms with Crippen molar-refractivity contribution in [3.05, 3.63) is 6.92 Å². The number of hydrogen-bond acceptors (Lipinski definition) is 0. The highest BCUT2D eigenvalue weighted by Gasteiger charge is 2.90. The molecule has 16 heteroatoms. The molecule has 1 radical (unpaired) electrons. The van der Waals surface area contributed by atoms with Gasteiger partial charge < -0.3 is 18.1 Å². The number of alkyl halides is 13. The second kappa shape index (κ2) is 7.99.